The van der Waals surface area contributed by atoms with E-state index < -0.39 is 0 Å². The molecule has 0 saturated heterocycles. The molecule has 0 amide bonds. The molecule has 0 heterocycles. The molecule has 0 aromatic rings. The molecular weight excluding hydrogens is 192 g/mol. The molecule has 0 aliphatic heterocycles. The number of hydrogen-bond donors (Lipinski definition) is 1. The summed E-state index contributed by atoms with van der Waals surface area (Å²) in [5.74, 6) is 1.22. The Bertz CT molecular complexity index is 106. The standard InChI is InChI=1S/C12H26OS/c1-3-4-5-6-7-8-9-10-14-12(2)11-13/h12-13H,3-11H2,1-2H3. The molecule has 1 atom stereocenters. The molecule has 0 aromatic heterocycles. The largest absolute Gasteiger partial charge is 0.395 e. The van der Waals surface area contributed by atoms with Gasteiger partial charge in [0.25, 0.3) is 0 Å². The fourth-order valence-corrected chi connectivity index (χ4v) is 2.27. The van der Waals surface area contributed by atoms with Crippen LogP contribution in [-0.4, -0.2) is 22.7 Å². The smallest absolute Gasteiger partial charge is 0.0547 e. The molecule has 0 saturated carbocycles. The van der Waals surface area contributed by atoms with Crippen molar-refractivity contribution in [3.05, 3.63) is 0 Å². The lowest BCUT2D eigenvalue weighted by Crippen LogP contribution is -2.02. The SMILES string of the molecule is CCCCCCCCCSC(C)CO. The fourth-order valence-electron chi connectivity index (χ4n) is 1.40. The van der Waals surface area contributed by atoms with Crippen LogP contribution >= 0.6 is 11.8 Å². The second-order valence-electron chi connectivity index (χ2n) is 3.99. The average molecular weight is 218 g/mol. The van der Waals surface area contributed by atoms with Crippen LogP contribution in [0.1, 0.15) is 58.8 Å². The van der Waals surface area contributed by atoms with E-state index in [4.69, 9.17) is 5.11 Å². The Morgan fingerprint density at radius 3 is 2.14 bits per heavy atom. The van der Waals surface area contributed by atoms with Crippen LogP contribution in [0.4, 0.5) is 0 Å². The van der Waals surface area contributed by atoms with Gasteiger partial charge in [0.05, 0.1) is 6.61 Å². The molecular formula is C12H26OS. The van der Waals surface area contributed by atoms with Crippen molar-refractivity contribution in [1.29, 1.82) is 0 Å². The molecule has 1 nitrogen and oxygen atoms in total. The van der Waals surface area contributed by atoms with Crippen LogP contribution in [0.2, 0.25) is 0 Å². The zero-order chi connectivity index (χ0) is 10.6. The summed E-state index contributed by atoms with van der Waals surface area (Å²) in [4.78, 5) is 0. The van der Waals surface area contributed by atoms with E-state index in [-0.39, 0.29) is 0 Å². The summed E-state index contributed by atoms with van der Waals surface area (Å²) in [7, 11) is 0. The molecule has 0 aliphatic rings. The van der Waals surface area contributed by atoms with Gasteiger partial charge in [-0.2, -0.15) is 11.8 Å². The van der Waals surface area contributed by atoms with Crippen LogP contribution in [-0.2, 0) is 0 Å². The predicted molar refractivity (Wildman–Crippen MR) is 67.0 cm³/mol. The zero-order valence-corrected chi connectivity index (χ0v) is 10.6. The number of unbranched alkanes of at least 4 members (excludes halogenated alkanes) is 6. The summed E-state index contributed by atoms with van der Waals surface area (Å²) >= 11 is 1.89. The van der Waals surface area contributed by atoms with Crippen molar-refractivity contribution in [2.75, 3.05) is 12.4 Å². The summed E-state index contributed by atoms with van der Waals surface area (Å²) in [6.07, 6.45) is 9.65. The first-order valence-electron chi connectivity index (χ1n) is 6.03. The van der Waals surface area contributed by atoms with Gasteiger partial charge in [0, 0.05) is 5.25 Å². The molecule has 0 aliphatic carbocycles. The topological polar surface area (TPSA) is 20.2 Å². The molecule has 0 rings (SSSR count). The van der Waals surface area contributed by atoms with Gasteiger partial charge in [0.1, 0.15) is 0 Å². The molecule has 0 radical (unpaired) electrons. The lowest BCUT2D eigenvalue weighted by Gasteiger charge is -2.06. The van der Waals surface area contributed by atoms with Gasteiger partial charge in [0.15, 0.2) is 0 Å². The quantitative estimate of drug-likeness (QED) is 0.562. The number of aliphatic hydroxyl groups excluding tert-OH is 1. The monoisotopic (exact) mass is 218 g/mol. The number of rotatable bonds is 10. The van der Waals surface area contributed by atoms with Crippen molar-refractivity contribution in [2.24, 2.45) is 0 Å². The lowest BCUT2D eigenvalue weighted by atomic mass is 10.1. The first-order valence-corrected chi connectivity index (χ1v) is 7.08. The molecule has 0 bridgehead atoms. The number of aliphatic hydroxyl groups is 1. The van der Waals surface area contributed by atoms with Crippen molar-refractivity contribution in [2.45, 2.75) is 64.0 Å². The van der Waals surface area contributed by atoms with E-state index in [1.165, 1.54) is 50.7 Å². The van der Waals surface area contributed by atoms with Crippen molar-refractivity contribution in [3.8, 4) is 0 Å². The Labute approximate surface area is 93.7 Å². The third kappa shape index (κ3) is 10.4. The van der Waals surface area contributed by atoms with Gasteiger partial charge in [-0.1, -0.05) is 52.4 Å². The van der Waals surface area contributed by atoms with Crippen molar-refractivity contribution < 1.29 is 5.11 Å². The molecule has 2 heteroatoms. The Hall–Kier alpha value is 0.310. The van der Waals surface area contributed by atoms with Gasteiger partial charge < -0.3 is 5.11 Å². The van der Waals surface area contributed by atoms with Crippen molar-refractivity contribution >= 4 is 11.8 Å². The number of thioether (sulfide) groups is 1. The molecule has 86 valence electrons. The highest BCUT2D eigenvalue weighted by Crippen LogP contribution is 2.14. The highest BCUT2D eigenvalue weighted by molar-refractivity contribution is 7.99. The molecule has 1 unspecified atom stereocenters. The first kappa shape index (κ1) is 14.3. The highest BCUT2D eigenvalue weighted by Gasteiger charge is 1.98. The van der Waals surface area contributed by atoms with Crippen LogP contribution in [0.15, 0.2) is 0 Å². The van der Waals surface area contributed by atoms with Gasteiger partial charge in [-0.05, 0) is 12.2 Å². The zero-order valence-electron chi connectivity index (χ0n) is 9.80. The third-order valence-electron chi connectivity index (χ3n) is 2.41. The van der Waals surface area contributed by atoms with Gasteiger partial charge in [-0.25, -0.2) is 0 Å². The normalized spacial score (nSPS) is 13.1. The minimum absolute atomic E-state index is 0.321. The summed E-state index contributed by atoms with van der Waals surface area (Å²) in [5, 5.41) is 9.24. The maximum Gasteiger partial charge on any atom is 0.0547 e. The Morgan fingerprint density at radius 2 is 1.57 bits per heavy atom. The van der Waals surface area contributed by atoms with E-state index in [1.807, 2.05) is 11.8 Å². The number of hydrogen-bond acceptors (Lipinski definition) is 2. The average Bonchev–Trinajstić information content (AvgIpc) is 2.21. The van der Waals surface area contributed by atoms with Crippen molar-refractivity contribution in [3.63, 3.8) is 0 Å². The van der Waals surface area contributed by atoms with E-state index in [0.717, 1.165) is 0 Å². The van der Waals surface area contributed by atoms with Crippen LogP contribution in [0.5, 0.6) is 0 Å². The Morgan fingerprint density at radius 1 is 1.00 bits per heavy atom. The molecule has 0 aromatic carbocycles. The summed E-state index contributed by atoms with van der Waals surface area (Å²) in [6.45, 7) is 4.67. The van der Waals surface area contributed by atoms with Crippen molar-refractivity contribution in [1.82, 2.24) is 0 Å². The lowest BCUT2D eigenvalue weighted by molar-refractivity contribution is 0.300. The Kier molecular flexibility index (Phi) is 11.6. The summed E-state index contributed by atoms with van der Waals surface area (Å²) < 4.78 is 0. The van der Waals surface area contributed by atoms with E-state index in [2.05, 4.69) is 13.8 Å². The van der Waals surface area contributed by atoms with Crippen LogP contribution in [0.3, 0.4) is 0 Å². The van der Waals surface area contributed by atoms with Crippen LogP contribution in [0, 0.1) is 0 Å². The maximum atomic E-state index is 8.81. The molecule has 14 heavy (non-hydrogen) atoms. The second-order valence-corrected chi connectivity index (χ2v) is 5.53. The maximum absolute atomic E-state index is 8.81. The van der Waals surface area contributed by atoms with Gasteiger partial charge in [-0.15, -0.1) is 0 Å². The summed E-state index contributed by atoms with van der Waals surface area (Å²) in [5.41, 5.74) is 0. The second kappa shape index (κ2) is 11.4. The van der Waals surface area contributed by atoms with Gasteiger partial charge in [0.2, 0.25) is 0 Å². The van der Waals surface area contributed by atoms with Crippen LogP contribution < -0.4 is 0 Å². The van der Waals surface area contributed by atoms with E-state index in [1.54, 1.807) is 0 Å². The fraction of sp³-hybridized carbons (Fsp3) is 1.00. The molecule has 0 fully saturated rings. The van der Waals surface area contributed by atoms with E-state index in [0.29, 0.717) is 11.9 Å². The molecule has 1 N–H and O–H groups in total. The summed E-state index contributed by atoms with van der Waals surface area (Å²) in [6, 6.07) is 0. The molecule has 0 spiro atoms. The van der Waals surface area contributed by atoms with E-state index in [9.17, 15) is 0 Å². The van der Waals surface area contributed by atoms with Gasteiger partial charge in [-0.3, -0.25) is 0 Å². The predicted octanol–water partition coefficient (Wildman–Crippen LogP) is 3.85. The first-order chi connectivity index (χ1) is 6.81. The minimum atomic E-state index is 0.321. The van der Waals surface area contributed by atoms with Gasteiger partial charge >= 0.3 is 0 Å². The highest BCUT2D eigenvalue weighted by atomic mass is 32.2. The van der Waals surface area contributed by atoms with Crippen LogP contribution in [0.25, 0.3) is 0 Å². The third-order valence-corrected chi connectivity index (χ3v) is 3.65. The minimum Gasteiger partial charge on any atom is -0.395 e. The van der Waals surface area contributed by atoms with E-state index >= 15 is 0 Å². The Balaban J connectivity index is 2.92.